The highest BCUT2D eigenvalue weighted by Crippen LogP contribution is 2.23. The normalized spacial score (nSPS) is 16.1. The summed E-state index contributed by atoms with van der Waals surface area (Å²) in [5, 5.41) is 8.85. The molecule has 0 atom stereocenters. The molecule has 18 heavy (non-hydrogen) atoms. The second-order valence-electron chi connectivity index (χ2n) is 4.43. The van der Waals surface area contributed by atoms with Gasteiger partial charge in [0.2, 0.25) is 0 Å². The first-order valence-corrected chi connectivity index (χ1v) is 6.07. The highest BCUT2D eigenvalue weighted by molar-refractivity contribution is 5.89. The Hall–Kier alpha value is -2.02. The lowest BCUT2D eigenvalue weighted by Gasteiger charge is -2.31. The van der Waals surface area contributed by atoms with Crippen LogP contribution in [0.15, 0.2) is 24.3 Å². The first-order valence-electron chi connectivity index (χ1n) is 6.07. The van der Waals surface area contributed by atoms with Crippen LogP contribution in [0.1, 0.15) is 23.2 Å². The molecule has 1 aliphatic rings. The molecule has 0 unspecified atom stereocenters. The van der Waals surface area contributed by atoms with Crippen LogP contribution in [-0.2, 0) is 4.74 Å². The molecule has 0 N–H and O–H groups in total. The number of nitrogens with zero attached hydrogens (tertiary/aromatic N) is 2. The second kappa shape index (κ2) is 5.54. The third-order valence-corrected chi connectivity index (χ3v) is 3.33. The van der Waals surface area contributed by atoms with Gasteiger partial charge in [0.15, 0.2) is 0 Å². The Balaban J connectivity index is 2.03. The highest BCUT2D eigenvalue weighted by Gasteiger charge is 2.19. The number of ether oxygens (including phenoxy) is 1. The number of anilines is 1. The fourth-order valence-electron chi connectivity index (χ4n) is 2.19. The molecule has 0 saturated carbocycles. The van der Waals surface area contributed by atoms with Gasteiger partial charge in [-0.05, 0) is 37.1 Å². The molecule has 0 spiro atoms. The lowest BCUT2D eigenvalue weighted by Crippen LogP contribution is -2.33. The van der Waals surface area contributed by atoms with Gasteiger partial charge in [0, 0.05) is 24.7 Å². The molecule has 0 radical (unpaired) electrons. The van der Waals surface area contributed by atoms with E-state index < -0.39 is 0 Å². The molecular formula is C14H16N2O2. The fraction of sp³-hybridized carbons (Fsp3) is 0.429. The molecule has 0 amide bonds. The van der Waals surface area contributed by atoms with Gasteiger partial charge < -0.3 is 9.64 Å². The zero-order chi connectivity index (χ0) is 13.0. The van der Waals surface area contributed by atoms with Crippen molar-refractivity contribution in [3.8, 4) is 6.07 Å². The van der Waals surface area contributed by atoms with Crippen LogP contribution in [0.5, 0.6) is 0 Å². The van der Waals surface area contributed by atoms with E-state index >= 15 is 0 Å². The Kier molecular flexibility index (Phi) is 3.83. The lowest BCUT2D eigenvalue weighted by molar-refractivity contribution is 0.0601. The molecule has 1 aliphatic heterocycles. The molecule has 0 bridgehead atoms. The smallest absolute Gasteiger partial charge is 0.337 e. The Labute approximate surface area is 107 Å². The van der Waals surface area contributed by atoms with Gasteiger partial charge in [-0.15, -0.1) is 0 Å². The summed E-state index contributed by atoms with van der Waals surface area (Å²) in [5.41, 5.74) is 1.66. The Morgan fingerprint density at radius 3 is 2.44 bits per heavy atom. The maximum absolute atomic E-state index is 11.3. The van der Waals surface area contributed by atoms with Crippen molar-refractivity contribution in [2.75, 3.05) is 25.1 Å². The first-order chi connectivity index (χ1) is 8.74. The van der Waals surface area contributed by atoms with Gasteiger partial charge >= 0.3 is 5.97 Å². The van der Waals surface area contributed by atoms with E-state index in [0.29, 0.717) is 5.56 Å². The lowest BCUT2D eigenvalue weighted by atomic mass is 9.98. The van der Waals surface area contributed by atoms with Gasteiger partial charge in [-0.25, -0.2) is 4.79 Å². The molecule has 0 aliphatic carbocycles. The molecule has 1 aromatic carbocycles. The van der Waals surface area contributed by atoms with E-state index in [9.17, 15) is 4.79 Å². The number of rotatable bonds is 2. The van der Waals surface area contributed by atoms with Crippen molar-refractivity contribution in [2.45, 2.75) is 12.8 Å². The zero-order valence-electron chi connectivity index (χ0n) is 10.4. The third kappa shape index (κ3) is 2.62. The fourth-order valence-corrected chi connectivity index (χ4v) is 2.19. The van der Waals surface area contributed by atoms with Crippen molar-refractivity contribution >= 4 is 11.7 Å². The molecule has 1 aromatic rings. The molecule has 0 aromatic heterocycles. The maximum Gasteiger partial charge on any atom is 0.337 e. The van der Waals surface area contributed by atoms with E-state index in [1.54, 1.807) is 12.1 Å². The van der Waals surface area contributed by atoms with Gasteiger partial charge in [-0.2, -0.15) is 5.26 Å². The average Bonchev–Trinajstić information content (AvgIpc) is 2.47. The number of hydrogen-bond donors (Lipinski definition) is 0. The van der Waals surface area contributed by atoms with Crippen LogP contribution in [0.4, 0.5) is 5.69 Å². The van der Waals surface area contributed by atoms with Crippen molar-refractivity contribution < 1.29 is 9.53 Å². The van der Waals surface area contributed by atoms with E-state index in [0.717, 1.165) is 31.6 Å². The molecule has 4 heteroatoms. The predicted molar refractivity (Wildman–Crippen MR) is 68.3 cm³/mol. The van der Waals surface area contributed by atoms with Crippen molar-refractivity contribution in [3.05, 3.63) is 29.8 Å². The Morgan fingerprint density at radius 1 is 1.33 bits per heavy atom. The molecule has 4 nitrogen and oxygen atoms in total. The zero-order valence-corrected chi connectivity index (χ0v) is 10.4. The number of carbonyl (C=O) groups is 1. The summed E-state index contributed by atoms with van der Waals surface area (Å²) in [6, 6.07) is 9.73. The van der Waals surface area contributed by atoms with Gasteiger partial charge in [-0.3, -0.25) is 0 Å². The summed E-state index contributed by atoms with van der Waals surface area (Å²) in [6.07, 6.45) is 1.82. The molecule has 1 heterocycles. The molecule has 94 valence electrons. The number of hydrogen-bond acceptors (Lipinski definition) is 4. The molecule has 2 rings (SSSR count). The van der Waals surface area contributed by atoms with E-state index in [1.165, 1.54) is 7.11 Å². The van der Waals surface area contributed by atoms with E-state index in [-0.39, 0.29) is 11.9 Å². The SMILES string of the molecule is COC(=O)c1ccc(N2CCC(C#N)CC2)cc1. The summed E-state index contributed by atoms with van der Waals surface area (Å²) >= 11 is 0. The number of benzene rings is 1. The predicted octanol–water partition coefficient (Wildman–Crippen LogP) is 2.21. The minimum atomic E-state index is -0.315. The van der Waals surface area contributed by atoms with E-state index in [2.05, 4.69) is 15.7 Å². The van der Waals surface area contributed by atoms with Crippen LogP contribution >= 0.6 is 0 Å². The summed E-state index contributed by atoms with van der Waals surface area (Å²) in [4.78, 5) is 13.6. The average molecular weight is 244 g/mol. The van der Waals surface area contributed by atoms with E-state index in [4.69, 9.17) is 5.26 Å². The quantitative estimate of drug-likeness (QED) is 0.748. The number of carbonyl (C=O) groups excluding carboxylic acids is 1. The van der Waals surface area contributed by atoms with Gasteiger partial charge in [0.1, 0.15) is 0 Å². The van der Waals surface area contributed by atoms with Gasteiger partial charge in [-0.1, -0.05) is 0 Å². The van der Waals surface area contributed by atoms with Crippen molar-refractivity contribution in [3.63, 3.8) is 0 Å². The number of nitriles is 1. The largest absolute Gasteiger partial charge is 0.465 e. The standard InChI is InChI=1S/C14H16N2O2/c1-18-14(17)12-2-4-13(5-3-12)16-8-6-11(10-15)7-9-16/h2-5,11H,6-9H2,1H3. The van der Waals surface area contributed by atoms with Crippen molar-refractivity contribution in [2.24, 2.45) is 5.92 Å². The first kappa shape index (κ1) is 12.4. The highest BCUT2D eigenvalue weighted by atomic mass is 16.5. The van der Waals surface area contributed by atoms with Crippen LogP contribution in [0.25, 0.3) is 0 Å². The van der Waals surface area contributed by atoms with Crippen LogP contribution in [0.3, 0.4) is 0 Å². The number of esters is 1. The topological polar surface area (TPSA) is 53.3 Å². The minimum Gasteiger partial charge on any atom is -0.465 e. The summed E-state index contributed by atoms with van der Waals surface area (Å²) in [7, 11) is 1.38. The summed E-state index contributed by atoms with van der Waals surface area (Å²) in [5.74, 6) is -0.125. The second-order valence-corrected chi connectivity index (χ2v) is 4.43. The van der Waals surface area contributed by atoms with Crippen molar-refractivity contribution in [1.29, 1.82) is 5.26 Å². The summed E-state index contributed by atoms with van der Waals surface area (Å²) < 4.78 is 4.66. The van der Waals surface area contributed by atoms with Crippen LogP contribution in [-0.4, -0.2) is 26.2 Å². The number of methoxy groups -OCH3 is 1. The van der Waals surface area contributed by atoms with E-state index in [1.807, 2.05) is 12.1 Å². The van der Waals surface area contributed by atoms with Crippen LogP contribution in [0.2, 0.25) is 0 Å². The Morgan fingerprint density at radius 2 is 1.94 bits per heavy atom. The third-order valence-electron chi connectivity index (χ3n) is 3.33. The van der Waals surface area contributed by atoms with Gasteiger partial charge in [0.05, 0.1) is 18.7 Å². The number of piperidine rings is 1. The monoisotopic (exact) mass is 244 g/mol. The van der Waals surface area contributed by atoms with Gasteiger partial charge in [0.25, 0.3) is 0 Å². The van der Waals surface area contributed by atoms with Crippen LogP contribution in [0, 0.1) is 17.2 Å². The van der Waals surface area contributed by atoms with Crippen LogP contribution < -0.4 is 4.90 Å². The minimum absolute atomic E-state index is 0.190. The summed E-state index contributed by atoms with van der Waals surface area (Å²) in [6.45, 7) is 1.80. The van der Waals surface area contributed by atoms with Crippen molar-refractivity contribution in [1.82, 2.24) is 0 Å². The molecular weight excluding hydrogens is 228 g/mol. The molecule has 1 saturated heterocycles. The Bertz CT molecular complexity index is 454. The molecule has 1 fully saturated rings. The maximum atomic E-state index is 11.3.